The maximum atomic E-state index is 13.3. The summed E-state index contributed by atoms with van der Waals surface area (Å²) in [5.74, 6) is 5.06. The molecule has 0 saturated heterocycles. The van der Waals surface area contributed by atoms with Crippen molar-refractivity contribution in [2.45, 2.75) is 12.5 Å². The summed E-state index contributed by atoms with van der Waals surface area (Å²) in [7, 11) is 0. The van der Waals surface area contributed by atoms with Crippen LogP contribution in [0.2, 0.25) is 5.02 Å². The van der Waals surface area contributed by atoms with Gasteiger partial charge < -0.3 is 0 Å². The zero-order valence-corrected chi connectivity index (χ0v) is 10.4. The molecular formula is C11H11ClFN3S. The minimum Gasteiger partial charge on any atom is -0.271 e. The molecule has 0 spiro atoms. The highest BCUT2D eigenvalue weighted by Crippen LogP contribution is 2.21. The minimum absolute atomic E-state index is 0.123. The van der Waals surface area contributed by atoms with Crippen LogP contribution in [0.25, 0.3) is 0 Å². The molecule has 1 aromatic carbocycles. The predicted octanol–water partition coefficient (Wildman–Crippen LogP) is 2.68. The Morgan fingerprint density at radius 1 is 1.53 bits per heavy atom. The van der Waals surface area contributed by atoms with Crippen molar-refractivity contribution >= 4 is 22.9 Å². The van der Waals surface area contributed by atoms with Gasteiger partial charge in [0.05, 0.1) is 22.3 Å². The molecular weight excluding hydrogens is 261 g/mol. The quantitative estimate of drug-likeness (QED) is 0.664. The SMILES string of the molecule is NNC(Cc1ccc(Cl)c(F)c1)c1cscn1. The van der Waals surface area contributed by atoms with Crippen LogP contribution in [-0.4, -0.2) is 4.98 Å². The van der Waals surface area contributed by atoms with Crippen LogP contribution in [0.5, 0.6) is 0 Å². The molecule has 0 aliphatic rings. The maximum absolute atomic E-state index is 13.3. The topological polar surface area (TPSA) is 50.9 Å². The Labute approximate surface area is 107 Å². The molecule has 3 nitrogen and oxygen atoms in total. The Morgan fingerprint density at radius 3 is 2.94 bits per heavy atom. The van der Waals surface area contributed by atoms with E-state index in [0.29, 0.717) is 6.42 Å². The van der Waals surface area contributed by atoms with Crippen molar-refractivity contribution < 1.29 is 4.39 Å². The largest absolute Gasteiger partial charge is 0.271 e. The summed E-state index contributed by atoms with van der Waals surface area (Å²) >= 11 is 7.12. The van der Waals surface area contributed by atoms with Gasteiger partial charge in [0.15, 0.2) is 0 Å². The summed E-state index contributed by atoms with van der Waals surface area (Å²) in [6.07, 6.45) is 0.564. The lowest BCUT2D eigenvalue weighted by atomic mass is 10.0. The fourth-order valence-electron chi connectivity index (χ4n) is 1.55. The molecule has 0 bridgehead atoms. The average Bonchev–Trinajstić information content (AvgIpc) is 2.84. The Morgan fingerprint density at radius 2 is 2.35 bits per heavy atom. The van der Waals surface area contributed by atoms with Crippen LogP contribution in [0.4, 0.5) is 4.39 Å². The number of hydrogen-bond donors (Lipinski definition) is 2. The van der Waals surface area contributed by atoms with E-state index in [1.165, 1.54) is 17.4 Å². The van der Waals surface area contributed by atoms with Gasteiger partial charge in [-0.05, 0) is 24.1 Å². The second kappa shape index (κ2) is 5.55. The van der Waals surface area contributed by atoms with Gasteiger partial charge in [0.25, 0.3) is 0 Å². The van der Waals surface area contributed by atoms with Crippen LogP contribution < -0.4 is 11.3 Å². The highest BCUT2D eigenvalue weighted by atomic mass is 35.5. The lowest BCUT2D eigenvalue weighted by Gasteiger charge is -2.13. The number of hydrogen-bond acceptors (Lipinski definition) is 4. The third kappa shape index (κ3) is 3.01. The molecule has 2 aromatic rings. The molecule has 3 N–H and O–H groups in total. The molecule has 6 heteroatoms. The molecule has 0 aliphatic heterocycles. The number of halogens is 2. The number of aromatic nitrogens is 1. The monoisotopic (exact) mass is 271 g/mol. The Kier molecular flexibility index (Phi) is 4.06. The smallest absolute Gasteiger partial charge is 0.142 e. The van der Waals surface area contributed by atoms with Crippen molar-refractivity contribution in [1.29, 1.82) is 0 Å². The van der Waals surface area contributed by atoms with Gasteiger partial charge >= 0.3 is 0 Å². The lowest BCUT2D eigenvalue weighted by molar-refractivity contribution is 0.538. The van der Waals surface area contributed by atoms with E-state index in [-0.39, 0.29) is 11.1 Å². The number of rotatable bonds is 4. The van der Waals surface area contributed by atoms with Crippen molar-refractivity contribution in [2.75, 3.05) is 0 Å². The first kappa shape index (κ1) is 12.4. The van der Waals surface area contributed by atoms with Gasteiger partial charge in [0.2, 0.25) is 0 Å². The molecule has 1 aromatic heterocycles. The summed E-state index contributed by atoms with van der Waals surface area (Å²) in [6.45, 7) is 0. The number of nitrogens with zero attached hydrogens (tertiary/aromatic N) is 1. The third-order valence-electron chi connectivity index (χ3n) is 2.43. The van der Waals surface area contributed by atoms with Crippen LogP contribution in [0, 0.1) is 5.82 Å². The van der Waals surface area contributed by atoms with E-state index in [2.05, 4.69) is 10.4 Å². The van der Waals surface area contributed by atoms with Crippen LogP contribution in [0.1, 0.15) is 17.3 Å². The van der Waals surface area contributed by atoms with E-state index in [9.17, 15) is 4.39 Å². The van der Waals surface area contributed by atoms with Crippen LogP contribution in [-0.2, 0) is 6.42 Å². The average molecular weight is 272 g/mol. The van der Waals surface area contributed by atoms with Crippen molar-refractivity contribution in [3.63, 3.8) is 0 Å². The molecule has 0 amide bonds. The summed E-state index contributed by atoms with van der Waals surface area (Å²) in [6, 6.07) is 4.61. The highest BCUT2D eigenvalue weighted by molar-refractivity contribution is 7.07. The van der Waals surface area contributed by atoms with Crippen molar-refractivity contribution in [1.82, 2.24) is 10.4 Å². The normalized spacial score (nSPS) is 12.6. The fourth-order valence-corrected chi connectivity index (χ4v) is 2.27. The number of nitrogens with one attached hydrogen (secondary N) is 1. The first-order chi connectivity index (χ1) is 8.20. The molecule has 0 aliphatic carbocycles. The van der Waals surface area contributed by atoms with Gasteiger partial charge in [0, 0.05) is 5.38 Å². The van der Waals surface area contributed by atoms with Crippen LogP contribution >= 0.6 is 22.9 Å². The molecule has 2 rings (SSSR count). The van der Waals surface area contributed by atoms with Gasteiger partial charge in [-0.1, -0.05) is 17.7 Å². The molecule has 1 unspecified atom stereocenters. The first-order valence-electron chi connectivity index (χ1n) is 4.99. The molecule has 0 saturated carbocycles. The van der Waals surface area contributed by atoms with Gasteiger partial charge in [-0.25, -0.2) is 9.37 Å². The van der Waals surface area contributed by atoms with Gasteiger partial charge in [0.1, 0.15) is 5.82 Å². The third-order valence-corrected chi connectivity index (χ3v) is 3.34. The summed E-state index contributed by atoms with van der Waals surface area (Å²) in [4.78, 5) is 4.18. The van der Waals surface area contributed by atoms with Crippen molar-refractivity contribution in [2.24, 2.45) is 5.84 Å². The second-order valence-corrected chi connectivity index (χ2v) is 4.71. The van der Waals surface area contributed by atoms with Crippen molar-refractivity contribution in [3.8, 4) is 0 Å². The molecule has 17 heavy (non-hydrogen) atoms. The van der Waals surface area contributed by atoms with Crippen LogP contribution in [0.15, 0.2) is 29.1 Å². The van der Waals surface area contributed by atoms with E-state index < -0.39 is 5.82 Å². The summed E-state index contributed by atoms with van der Waals surface area (Å²) in [5, 5.41) is 2.04. The number of nitrogens with two attached hydrogens (primary N) is 1. The predicted molar refractivity (Wildman–Crippen MR) is 67.3 cm³/mol. The molecule has 0 fully saturated rings. The number of benzene rings is 1. The molecule has 0 radical (unpaired) electrons. The first-order valence-corrected chi connectivity index (χ1v) is 6.31. The van der Waals surface area contributed by atoms with Crippen molar-refractivity contribution in [3.05, 3.63) is 51.2 Å². The van der Waals surface area contributed by atoms with E-state index >= 15 is 0 Å². The standard InChI is InChI=1S/C11H11ClFN3S/c12-8-2-1-7(3-9(8)13)4-10(16-14)11-5-17-6-15-11/h1-3,5-6,10,16H,4,14H2. The Balaban J connectivity index is 2.16. The van der Waals surface area contributed by atoms with Gasteiger partial charge in [-0.15, -0.1) is 11.3 Å². The zero-order chi connectivity index (χ0) is 12.3. The summed E-state index contributed by atoms with van der Waals surface area (Å²) < 4.78 is 13.3. The van der Waals surface area contributed by atoms with Crippen LogP contribution in [0.3, 0.4) is 0 Å². The lowest BCUT2D eigenvalue weighted by Crippen LogP contribution is -2.29. The minimum atomic E-state index is -0.418. The van der Waals surface area contributed by atoms with Gasteiger partial charge in [-0.2, -0.15) is 0 Å². The van der Waals surface area contributed by atoms with Gasteiger partial charge in [-0.3, -0.25) is 11.3 Å². The molecule has 1 atom stereocenters. The molecule has 1 heterocycles. The summed E-state index contributed by atoms with van der Waals surface area (Å²) in [5.41, 5.74) is 6.09. The van der Waals surface area contributed by atoms with E-state index in [1.54, 1.807) is 17.6 Å². The fraction of sp³-hybridized carbons (Fsp3) is 0.182. The molecule has 90 valence electrons. The highest BCUT2D eigenvalue weighted by Gasteiger charge is 2.13. The Bertz CT molecular complexity index is 489. The van der Waals surface area contributed by atoms with E-state index in [0.717, 1.165) is 11.3 Å². The Hall–Kier alpha value is -1.01. The number of thiazole rings is 1. The van der Waals surface area contributed by atoms with E-state index in [1.807, 2.05) is 5.38 Å². The zero-order valence-electron chi connectivity index (χ0n) is 8.86. The second-order valence-electron chi connectivity index (χ2n) is 3.59. The number of hydrazine groups is 1. The maximum Gasteiger partial charge on any atom is 0.142 e. The van der Waals surface area contributed by atoms with E-state index in [4.69, 9.17) is 17.4 Å².